The molecule has 1 aliphatic rings. The Morgan fingerprint density at radius 2 is 2.00 bits per heavy atom. The maximum absolute atomic E-state index is 5.35. The summed E-state index contributed by atoms with van der Waals surface area (Å²) in [6, 6.07) is 1.03. The van der Waals surface area contributed by atoms with Crippen LogP contribution in [-0.2, 0) is 9.47 Å². The molecule has 21 heavy (non-hydrogen) atoms. The average molecular weight is 300 g/mol. The van der Waals surface area contributed by atoms with Gasteiger partial charge in [-0.3, -0.25) is 4.90 Å². The number of rotatable bonds is 9. The highest BCUT2D eigenvalue weighted by Crippen LogP contribution is 2.39. The molecule has 3 unspecified atom stereocenters. The SMILES string of the molecule is CNC1C(CN(CCOC)C(C)COC)CCCC1(C)C. The van der Waals surface area contributed by atoms with E-state index in [0.717, 1.165) is 26.3 Å². The van der Waals surface area contributed by atoms with Crippen molar-refractivity contribution in [3.63, 3.8) is 0 Å². The zero-order valence-corrected chi connectivity index (χ0v) is 14.9. The molecule has 0 bridgehead atoms. The van der Waals surface area contributed by atoms with Gasteiger partial charge in [0.2, 0.25) is 0 Å². The van der Waals surface area contributed by atoms with Gasteiger partial charge in [-0.05, 0) is 38.1 Å². The molecule has 126 valence electrons. The minimum absolute atomic E-state index is 0.384. The first-order chi connectivity index (χ1) is 9.96. The van der Waals surface area contributed by atoms with Crippen LogP contribution in [0.5, 0.6) is 0 Å². The molecule has 0 aliphatic heterocycles. The maximum atomic E-state index is 5.35. The highest BCUT2D eigenvalue weighted by Gasteiger charge is 2.38. The number of methoxy groups -OCH3 is 2. The Hall–Kier alpha value is -0.160. The van der Waals surface area contributed by atoms with Gasteiger partial charge < -0.3 is 14.8 Å². The Balaban J connectivity index is 2.70. The fourth-order valence-electron chi connectivity index (χ4n) is 3.95. The summed E-state index contributed by atoms with van der Waals surface area (Å²) in [6.07, 6.45) is 3.98. The van der Waals surface area contributed by atoms with Gasteiger partial charge in [0.05, 0.1) is 13.2 Å². The van der Waals surface area contributed by atoms with Crippen molar-refractivity contribution in [1.82, 2.24) is 10.2 Å². The summed E-state index contributed by atoms with van der Waals surface area (Å²) in [4.78, 5) is 2.53. The molecule has 1 rings (SSSR count). The summed E-state index contributed by atoms with van der Waals surface area (Å²) < 4.78 is 10.6. The van der Waals surface area contributed by atoms with Crippen LogP contribution in [0.15, 0.2) is 0 Å². The first kappa shape index (κ1) is 18.9. The highest BCUT2D eigenvalue weighted by atomic mass is 16.5. The standard InChI is InChI=1S/C17H36N2O2/c1-14(13-21-6)19(10-11-20-5)12-15-8-7-9-17(2,3)16(15)18-4/h14-16,18H,7-13H2,1-6H3. The second kappa shape index (κ2) is 9.09. The molecule has 0 spiro atoms. The Kier molecular flexibility index (Phi) is 8.17. The van der Waals surface area contributed by atoms with Crippen LogP contribution < -0.4 is 5.32 Å². The van der Waals surface area contributed by atoms with E-state index in [0.29, 0.717) is 23.4 Å². The van der Waals surface area contributed by atoms with E-state index in [9.17, 15) is 0 Å². The second-order valence-corrected chi connectivity index (χ2v) is 7.20. The summed E-state index contributed by atoms with van der Waals surface area (Å²) in [7, 11) is 5.67. The fourth-order valence-corrected chi connectivity index (χ4v) is 3.95. The smallest absolute Gasteiger partial charge is 0.0615 e. The molecule has 0 aromatic rings. The second-order valence-electron chi connectivity index (χ2n) is 7.20. The lowest BCUT2D eigenvalue weighted by atomic mass is 9.67. The number of hydrogen-bond acceptors (Lipinski definition) is 4. The first-order valence-electron chi connectivity index (χ1n) is 8.35. The van der Waals surface area contributed by atoms with Crippen molar-refractivity contribution >= 4 is 0 Å². The average Bonchev–Trinajstić information content (AvgIpc) is 2.42. The third-order valence-corrected chi connectivity index (χ3v) is 5.10. The van der Waals surface area contributed by atoms with Crippen LogP contribution in [0.1, 0.15) is 40.0 Å². The normalized spacial score (nSPS) is 27.0. The van der Waals surface area contributed by atoms with Crippen LogP contribution in [0.25, 0.3) is 0 Å². The lowest BCUT2D eigenvalue weighted by Crippen LogP contribution is -2.53. The molecular weight excluding hydrogens is 264 g/mol. The molecule has 1 fully saturated rings. The summed E-state index contributed by atoms with van der Waals surface area (Å²) in [5.41, 5.74) is 0.384. The number of nitrogens with one attached hydrogen (secondary N) is 1. The maximum Gasteiger partial charge on any atom is 0.0615 e. The minimum Gasteiger partial charge on any atom is -0.383 e. The molecule has 1 aliphatic carbocycles. The lowest BCUT2D eigenvalue weighted by Gasteiger charge is -2.46. The molecular formula is C17H36N2O2. The zero-order chi connectivity index (χ0) is 15.9. The Labute approximate surface area is 131 Å². The van der Waals surface area contributed by atoms with Gasteiger partial charge in [0.25, 0.3) is 0 Å². The van der Waals surface area contributed by atoms with Crippen LogP contribution in [0.2, 0.25) is 0 Å². The Morgan fingerprint density at radius 1 is 1.29 bits per heavy atom. The first-order valence-corrected chi connectivity index (χ1v) is 8.35. The predicted molar refractivity (Wildman–Crippen MR) is 88.8 cm³/mol. The summed E-state index contributed by atoms with van der Waals surface area (Å²) >= 11 is 0. The Bertz CT molecular complexity index is 284. The van der Waals surface area contributed by atoms with Crippen LogP contribution in [-0.4, -0.2) is 64.6 Å². The van der Waals surface area contributed by atoms with E-state index in [1.54, 1.807) is 14.2 Å². The molecule has 4 nitrogen and oxygen atoms in total. The van der Waals surface area contributed by atoms with Gasteiger partial charge in [0.15, 0.2) is 0 Å². The van der Waals surface area contributed by atoms with Crippen molar-refractivity contribution in [2.75, 3.05) is 47.6 Å². The van der Waals surface area contributed by atoms with Crippen molar-refractivity contribution in [2.24, 2.45) is 11.3 Å². The summed E-state index contributed by atoms with van der Waals surface area (Å²) in [6.45, 7) is 10.7. The van der Waals surface area contributed by atoms with Crippen LogP contribution in [0.4, 0.5) is 0 Å². The van der Waals surface area contributed by atoms with E-state index in [-0.39, 0.29) is 0 Å². The molecule has 0 saturated heterocycles. The Morgan fingerprint density at radius 3 is 2.57 bits per heavy atom. The molecule has 0 amide bonds. The van der Waals surface area contributed by atoms with E-state index in [1.165, 1.54) is 19.3 Å². The molecule has 1 N–H and O–H groups in total. The van der Waals surface area contributed by atoms with Crippen molar-refractivity contribution in [2.45, 2.75) is 52.1 Å². The van der Waals surface area contributed by atoms with Gasteiger partial charge in [-0.25, -0.2) is 0 Å². The topological polar surface area (TPSA) is 33.7 Å². The molecule has 4 heteroatoms. The largest absolute Gasteiger partial charge is 0.383 e. The molecule has 0 aromatic heterocycles. The minimum atomic E-state index is 0.384. The van der Waals surface area contributed by atoms with Crippen LogP contribution in [0.3, 0.4) is 0 Å². The molecule has 0 radical (unpaired) electrons. The van der Waals surface area contributed by atoms with E-state index < -0.39 is 0 Å². The van der Waals surface area contributed by atoms with Gasteiger partial charge >= 0.3 is 0 Å². The van der Waals surface area contributed by atoms with Gasteiger partial charge in [0.1, 0.15) is 0 Å². The van der Waals surface area contributed by atoms with E-state index in [1.807, 2.05) is 0 Å². The van der Waals surface area contributed by atoms with Gasteiger partial charge in [-0.2, -0.15) is 0 Å². The van der Waals surface area contributed by atoms with Crippen LogP contribution in [0, 0.1) is 11.3 Å². The predicted octanol–water partition coefficient (Wildman–Crippen LogP) is 2.38. The lowest BCUT2D eigenvalue weighted by molar-refractivity contribution is 0.0344. The van der Waals surface area contributed by atoms with E-state index >= 15 is 0 Å². The quantitative estimate of drug-likeness (QED) is 0.709. The molecule has 1 saturated carbocycles. The molecule has 0 heterocycles. The highest BCUT2D eigenvalue weighted by molar-refractivity contribution is 4.94. The monoisotopic (exact) mass is 300 g/mol. The fraction of sp³-hybridized carbons (Fsp3) is 1.00. The van der Waals surface area contributed by atoms with Gasteiger partial charge in [0, 0.05) is 39.4 Å². The summed E-state index contributed by atoms with van der Waals surface area (Å²) in [5.74, 6) is 0.704. The molecule has 3 atom stereocenters. The van der Waals surface area contributed by atoms with Crippen molar-refractivity contribution < 1.29 is 9.47 Å². The summed E-state index contributed by atoms with van der Waals surface area (Å²) in [5, 5.41) is 3.59. The molecule has 0 aromatic carbocycles. The third kappa shape index (κ3) is 5.51. The van der Waals surface area contributed by atoms with Gasteiger partial charge in [-0.1, -0.05) is 20.3 Å². The number of ether oxygens (including phenoxy) is 2. The van der Waals surface area contributed by atoms with Crippen molar-refractivity contribution in [1.29, 1.82) is 0 Å². The van der Waals surface area contributed by atoms with Crippen molar-refractivity contribution in [3.8, 4) is 0 Å². The number of nitrogens with zero attached hydrogens (tertiary/aromatic N) is 1. The van der Waals surface area contributed by atoms with E-state index in [4.69, 9.17) is 9.47 Å². The third-order valence-electron chi connectivity index (χ3n) is 5.10. The van der Waals surface area contributed by atoms with Crippen LogP contribution >= 0.6 is 0 Å². The van der Waals surface area contributed by atoms with Gasteiger partial charge in [-0.15, -0.1) is 0 Å². The number of hydrogen-bond donors (Lipinski definition) is 1. The van der Waals surface area contributed by atoms with Crippen molar-refractivity contribution in [3.05, 3.63) is 0 Å². The van der Waals surface area contributed by atoms with E-state index in [2.05, 4.69) is 38.0 Å². The zero-order valence-electron chi connectivity index (χ0n) is 14.9.